The molecule has 4 heteroatoms. The quantitative estimate of drug-likeness (QED) is 0.437. The molecule has 0 aromatic heterocycles. The number of nitrogens with one attached hydrogen (secondary N) is 2. The monoisotopic (exact) mass is 357 g/mol. The molecule has 136 valence electrons. The van der Waals surface area contributed by atoms with Crippen LogP contribution in [0, 0.1) is 6.92 Å². The molecule has 0 spiro atoms. The number of aryl methyl sites for hydroxylation is 1. The molecule has 0 saturated heterocycles. The first kappa shape index (κ1) is 18.3. The molecule has 0 radical (unpaired) electrons. The highest BCUT2D eigenvalue weighted by atomic mass is 16.1. The SMILES string of the molecule is Cc1ccccc1NCc1ccc(/C=C/C(=O)Nc2ccccc2N)cc1. The number of amides is 1. The zero-order valence-electron chi connectivity index (χ0n) is 15.3. The minimum atomic E-state index is -0.210. The Hall–Kier alpha value is -3.53. The number of rotatable bonds is 6. The fourth-order valence-electron chi connectivity index (χ4n) is 2.67. The number of hydrogen-bond acceptors (Lipinski definition) is 3. The fourth-order valence-corrected chi connectivity index (χ4v) is 2.67. The van der Waals surface area contributed by atoms with Gasteiger partial charge in [0, 0.05) is 18.3 Å². The molecule has 3 aromatic rings. The van der Waals surface area contributed by atoms with E-state index in [1.807, 2.05) is 36.4 Å². The number of hydrogen-bond donors (Lipinski definition) is 3. The molecule has 0 bridgehead atoms. The first-order chi connectivity index (χ1) is 13.1. The maximum absolute atomic E-state index is 12.0. The van der Waals surface area contributed by atoms with E-state index in [0.29, 0.717) is 11.4 Å². The standard InChI is InChI=1S/C23H23N3O/c1-17-6-2-4-8-21(17)25-16-19-12-10-18(11-13-19)14-15-23(27)26-22-9-5-3-7-20(22)24/h2-15,25H,16,24H2,1H3,(H,26,27)/b15-14+. The summed E-state index contributed by atoms with van der Waals surface area (Å²) in [5.74, 6) is -0.210. The van der Waals surface area contributed by atoms with Gasteiger partial charge in [0.2, 0.25) is 5.91 Å². The Morgan fingerprint density at radius 3 is 2.30 bits per heavy atom. The van der Waals surface area contributed by atoms with Crippen molar-refractivity contribution >= 4 is 29.0 Å². The second-order valence-corrected chi connectivity index (χ2v) is 6.32. The van der Waals surface area contributed by atoms with Crippen molar-refractivity contribution in [2.75, 3.05) is 16.4 Å². The number of benzene rings is 3. The molecule has 27 heavy (non-hydrogen) atoms. The highest BCUT2D eigenvalue weighted by molar-refractivity contribution is 6.03. The summed E-state index contributed by atoms with van der Waals surface area (Å²) >= 11 is 0. The summed E-state index contributed by atoms with van der Waals surface area (Å²) in [5.41, 5.74) is 11.5. The van der Waals surface area contributed by atoms with Gasteiger partial charge in [-0.2, -0.15) is 0 Å². The van der Waals surface area contributed by atoms with Gasteiger partial charge in [-0.05, 0) is 47.9 Å². The van der Waals surface area contributed by atoms with Gasteiger partial charge in [0.1, 0.15) is 0 Å². The zero-order chi connectivity index (χ0) is 19.1. The minimum absolute atomic E-state index is 0.210. The van der Waals surface area contributed by atoms with Gasteiger partial charge in [-0.15, -0.1) is 0 Å². The van der Waals surface area contributed by atoms with E-state index in [1.54, 1.807) is 18.2 Å². The number of nitrogens with two attached hydrogens (primary N) is 1. The fraction of sp³-hybridized carbons (Fsp3) is 0.0870. The Kier molecular flexibility index (Phi) is 5.90. The van der Waals surface area contributed by atoms with Gasteiger partial charge in [0.05, 0.1) is 11.4 Å². The highest BCUT2D eigenvalue weighted by Crippen LogP contribution is 2.17. The number of carbonyl (C=O) groups is 1. The van der Waals surface area contributed by atoms with Crippen LogP contribution in [0.5, 0.6) is 0 Å². The first-order valence-electron chi connectivity index (χ1n) is 8.84. The molecular formula is C23H23N3O. The highest BCUT2D eigenvalue weighted by Gasteiger charge is 2.01. The van der Waals surface area contributed by atoms with Crippen LogP contribution in [0.15, 0.2) is 78.9 Å². The number of para-hydroxylation sites is 3. The molecule has 0 aliphatic heterocycles. The van der Waals surface area contributed by atoms with Crippen molar-refractivity contribution in [1.82, 2.24) is 0 Å². The summed E-state index contributed by atoms with van der Waals surface area (Å²) in [6, 6.07) is 23.5. The van der Waals surface area contributed by atoms with Crippen molar-refractivity contribution in [2.45, 2.75) is 13.5 Å². The van der Waals surface area contributed by atoms with E-state index in [4.69, 9.17) is 5.73 Å². The van der Waals surface area contributed by atoms with Crippen molar-refractivity contribution in [2.24, 2.45) is 0 Å². The van der Waals surface area contributed by atoms with E-state index in [9.17, 15) is 4.79 Å². The number of anilines is 3. The normalized spacial score (nSPS) is 10.7. The molecule has 0 aliphatic rings. The maximum Gasteiger partial charge on any atom is 0.248 e. The lowest BCUT2D eigenvalue weighted by Gasteiger charge is -2.09. The van der Waals surface area contributed by atoms with Crippen LogP contribution in [0.2, 0.25) is 0 Å². The predicted octanol–water partition coefficient (Wildman–Crippen LogP) is 4.84. The van der Waals surface area contributed by atoms with Crippen LogP contribution < -0.4 is 16.4 Å². The molecule has 0 fully saturated rings. The molecule has 0 unspecified atom stereocenters. The van der Waals surface area contributed by atoms with Crippen LogP contribution in [0.4, 0.5) is 17.1 Å². The molecular weight excluding hydrogens is 334 g/mol. The summed E-state index contributed by atoms with van der Waals surface area (Å²) < 4.78 is 0. The van der Waals surface area contributed by atoms with Crippen molar-refractivity contribution < 1.29 is 4.79 Å². The molecule has 4 N–H and O–H groups in total. The Labute approximate surface area is 159 Å². The van der Waals surface area contributed by atoms with Gasteiger partial charge >= 0.3 is 0 Å². The second kappa shape index (κ2) is 8.72. The van der Waals surface area contributed by atoms with Crippen molar-refractivity contribution in [3.63, 3.8) is 0 Å². The van der Waals surface area contributed by atoms with Gasteiger partial charge in [-0.1, -0.05) is 54.6 Å². The Balaban J connectivity index is 1.55. The van der Waals surface area contributed by atoms with Crippen LogP contribution in [0.25, 0.3) is 6.08 Å². The summed E-state index contributed by atoms with van der Waals surface area (Å²) in [5, 5.41) is 6.21. The van der Waals surface area contributed by atoms with E-state index in [1.165, 1.54) is 17.2 Å². The number of carbonyl (C=O) groups excluding carboxylic acids is 1. The third-order valence-corrected chi connectivity index (χ3v) is 4.25. The van der Waals surface area contributed by atoms with E-state index in [0.717, 1.165) is 17.8 Å². The van der Waals surface area contributed by atoms with Crippen LogP contribution in [-0.2, 0) is 11.3 Å². The lowest BCUT2D eigenvalue weighted by Crippen LogP contribution is -2.09. The van der Waals surface area contributed by atoms with Crippen LogP contribution in [-0.4, -0.2) is 5.91 Å². The first-order valence-corrected chi connectivity index (χ1v) is 8.84. The van der Waals surface area contributed by atoms with E-state index in [2.05, 4.69) is 41.8 Å². The van der Waals surface area contributed by atoms with Crippen molar-refractivity contribution in [3.8, 4) is 0 Å². The van der Waals surface area contributed by atoms with Crippen LogP contribution in [0.3, 0.4) is 0 Å². The molecule has 0 aliphatic carbocycles. The molecule has 3 rings (SSSR count). The van der Waals surface area contributed by atoms with Gasteiger partial charge in [-0.3, -0.25) is 4.79 Å². The van der Waals surface area contributed by atoms with Gasteiger partial charge < -0.3 is 16.4 Å². The van der Waals surface area contributed by atoms with Gasteiger partial charge in [-0.25, -0.2) is 0 Å². The van der Waals surface area contributed by atoms with Crippen molar-refractivity contribution in [1.29, 1.82) is 0 Å². The predicted molar refractivity (Wildman–Crippen MR) is 113 cm³/mol. The molecule has 0 heterocycles. The summed E-state index contributed by atoms with van der Waals surface area (Å²) in [7, 11) is 0. The average molecular weight is 357 g/mol. The summed E-state index contributed by atoms with van der Waals surface area (Å²) in [6.45, 7) is 2.84. The van der Waals surface area contributed by atoms with Crippen LogP contribution in [0.1, 0.15) is 16.7 Å². The largest absolute Gasteiger partial charge is 0.397 e. The summed E-state index contributed by atoms with van der Waals surface area (Å²) in [6.07, 6.45) is 3.29. The van der Waals surface area contributed by atoms with E-state index >= 15 is 0 Å². The number of nitrogen functional groups attached to an aromatic ring is 1. The second-order valence-electron chi connectivity index (χ2n) is 6.32. The Morgan fingerprint density at radius 2 is 1.59 bits per heavy atom. The van der Waals surface area contributed by atoms with Crippen molar-refractivity contribution in [3.05, 3.63) is 95.6 Å². The lowest BCUT2D eigenvalue weighted by molar-refractivity contribution is -0.111. The topological polar surface area (TPSA) is 67.2 Å². The Bertz CT molecular complexity index is 946. The molecule has 0 saturated carbocycles. The molecule has 0 atom stereocenters. The zero-order valence-corrected chi connectivity index (χ0v) is 15.3. The third kappa shape index (κ3) is 5.22. The smallest absolute Gasteiger partial charge is 0.248 e. The van der Waals surface area contributed by atoms with E-state index in [-0.39, 0.29) is 5.91 Å². The Morgan fingerprint density at radius 1 is 0.926 bits per heavy atom. The summed E-state index contributed by atoms with van der Waals surface area (Å²) in [4.78, 5) is 12.0. The maximum atomic E-state index is 12.0. The van der Waals surface area contributed by atoms with Gasteiger partial charge in [0.15, 0.2) is 0 Å². The molecule has 4 nitrogen and oxygen atoms in total. The van der Waals surface area contributed by atoms with Crippen LogP contribution >= 0.6 is 0 Å². The van der Waals surface area contributed by atoms with E-state index < -0.39 is 0 Å². The third-order valence-electron chi connectivity index (χ3n) is 4.25. The minimum Gasteiger partial charge on any atom is -0.397 e. The average Bonchev–Trinajstić information content (AvgIpc) is 2.68. The lowest BCUT2D eigenvalue weighted by atomic mass is 10.1. The van der Waals surface area contributed by atoms with Gasteiger partial charge in [0.25, 0.3) is 0 Å². The molecule has 3 aromatic carbocycles. The molecule has 1 amide bonds.